The molecule has 0 aliphatic carbocycles. The second kappa shape index (κ2) is 7.15. The second-order valence-corrected chi connectivity index (χ2v) is 6.68. The molecule has 7 heteroatoms. The second-order valence-electron chi connectivity index (χ2n) is 6.68. The molecule has 0 radical (unpaired) electrons. The SMILES string of the molecule is CC(C)(C)C=CC(=O)NCC1CCN(C(=O)C(F)(F)F)CC1. The summed E-state index contributed by atoms with van der Waals surface area (Å²) in [6, 6.07) is 0. The quantitative estimate of drug-likeness (QED) is 0.812. The lowest BCUT2D eigenvalue weighted by molar-refractivity contribution is -0.186. The van der Waals surface area contributed by atoms with Crippen LogP contribution in [0.1, 0.15) is 33.6 Å². The number of likely N-dealkylation sites (tertiary alicyclic amines) is 1. The average molecular weight is 320 g/mol. The van der Waals surface area contributed by atoms with Gasteiger partial charge in [0, 0.05) is 19.6 Å². The monoisotopic (exact) mass is 320 g/mol. The zero-order chi connectivity index (χ0) is 17.0. The van der Waals surface area contributed by atoms with Crippen LogP contribution >= 0.6 is 0 Å². The van der Waals surface area contributed by atoms with E-state index in [1.807, 2.05) is 20.8 Å². The molecule has 1 N–H and O–H groups in total. The Labute approximate surface area is 128 Å². The Bertz CT molecular complexity index is 431. The third-order valence-corrected chi connectivity index (χ3v) is 3.44. The van der Waals surface area contributed by atoms with Crippen LogP contribution in [0.15, 0.2) is 12.2 Å². The molecule has 0 unspecified atom stereocenters. The lowest BCUT2D eigenvalue weighted by atomic mass is 9.95. The third kappa shape index (κ3) is 6.49. The van der Waals surface area contributed by atoms with E-state index in [0.717, 1.165) is 4.90 Å². The molecular weight excluding hydrogens is 297 g/mol. The predicted octanol–water partition coefficient (Wildman–Crippen LogP) is 2.51. The standard InChI is InChI=1S/C15H23F3N2O2/c1-14(2,3)7-4-12(21)19-10-11-5-8-20(9-6-11)13(22)15(16,17)18/h4,7,11H,5-6,8-10H2,1-3H3,(H,19,21). The molecule has 0 saturated carbocycles. The Hall–Kier alpha value is -1.53. The first-order valence-electron chi connectivity index (χ1n) is 7.32. The molecule has 0 bridgehead atoms. The minimum absolute atomic E-state index is 0.0801. The normalized spacial score (nSPS) is 17.8. The van der Waals surface area contributed by atoms with E-state index in [1.165, 1.54) is 6.08 Å². The van der Waals surface area contributed by atoms with Crippen molar-refractivity contribution in [3.8, 4) is 0 Å². The molecule has 1 heterocycles. The average Bonchev–Trinajstić information content (AvgIpc) is 2.41. The van der Waals surface area contributed by atoms with Gasteiger partial charge in [0.25, 0.3) is 0 Å². The van der Waals surface area contributed by atoms with Gasteiger partial charge in [-0.05, 0) is 30.3 Å². The van der Waals surface area contributed by atoms with Gasteiger partial charge in [-0.2, -0.15) is 13.2 Å². The summed E-state index contributed by atoms with van der Waals surface area (Å²) in [5.41, 5.74) is -0.0827. The van der Waals surface area contributed by atoms with Gasteiger partial charge in [0.1, 0.15) is 0 Å². The number of nitrogens with zero attached hydrogens (tertiary/aromatic N) is 1. The van der Waals surface area contributed by atoms with Crippen molar-refractivity contribution in [3.63, 3.8) is 0 Å². The molecule has 1 fully saturated rings. The minimum atomic E-state index is -4.81. The van der Waals surface area contributed by atoms with Crippen molar-refractivity contribution < 1.29 is 22.8 Å². The molecule has 1 aliphatic heterocycles. The summed E-state index contributed by atoms with van der Waals surface area (Å²) in [5, 5.41) is 2.75. The summed E-state index contributed by atoms with van der Waals surface area (Å²) in [4.78, 5) is 23.5. The van der Waals surface area contributed by atoms with Crippen LogP contribution in [0.2, 0.25) is 0 Å². The van der Waals surface area contributed by atoms with Gasteiger partial charge in [0.2, 0.25) is 5.91 Å². The molecule has 0 aromatic carbocycles. The fraction of sp³-hybridized carbons (Fsp3) is 0.733. The summed E-state index contributed by atoms with van der Waals surface area (Å²) in [7, 11) is 0. The molecule has 22 heavy (non-hydrogen) atoms. The Morgan fingerprint density at radius 2 is 1.73 bits per heavy atom. The first kappa shape index (κ1) is 18.5. The van der Waals surface area contributed by atoms with E-state index < -0.39 is 12.1 Å². The van der Waals surface area contributed by atoms with E-state index >= 15 is 0 Å². The molecule has 0 atom stereocenters. The summed E-state index contributed by atoms with van der Waals surface area (Å²) in [5.74, 6) is -1.88. The van der Waals surface area contributed by atoms with Gasteiger partial charge in [-0.1, -0.05) is 26.8 Å². The number of amides is 2. The van der Waals surface area contributed by atoms with Gasteiger partial charge in [-0.3, -0.25) is 9.59 Å². The van der Waals surface area contributed by atoms with Crippen molar-refractivity contribution in [3.05, 3.63) is 12.2 Å². The van der Waals surface area contributed by atoms with Crippen LogP contribution in [-0.4, -0.2) is 42.5 Å². The highest BCUT2D eigenvalue weighted by atomic mass is 19.4. The first-order valence-corrected chi connectivity index (χ1v) is 7.32. The Morgan fingerprint density at radius 3 is 2.18 bits per heavy atom. The number of hydrogen-bond donors (Lipinski definition) is 1. The fourth-order valence-corrected chi connectivity index (χ4v) is 2.15. The molecule has 1 aliphatic rings. The van der Waals surface area contributed by atoms with Crippen LogP contribution in [0.3, 0.4) is 0 Å². The predicted molar refractivity (Wildman–Crippen MR) is 77.0 cm³/mol. The van der Waals surface area contributed by atoms with Gasteiger partial charge >= 0.3 is 12.1 Å². The highest BCUT2D eigenvalue weighted by Crippen LogP contribution is 2.23. The van der Waals surface area contributed by atoms with Crippen molar-refractivity contribution in [1.29, 1.82) is 0 Å². The number of carbonyl (C=O) groups excluding carboxylic acids is 2. The van der Waals surface area contributed by atoms with Crippen LogP contribution in [0.25, 0.3) is 0 Å². The molecule has 2 amide bonds. The number of hydrogen-bond acceptors (Lipinski definition) is 2. The molecule has 126 valence electrons. The van der Waals surface area contributed by atoms with Crippen molar-refractivity contribution in [1.82, 2.24) is 10.2 Å². The van der Waals surface area contributed by atoms with Crippen molar-refractivity contribution >= 4 is 11.8 Å². The van der Waals surface area contributed by atoms with Crippen molar-refractivity contribution in [2.45, 2.75) is 39.8 Å². The lowest BCUT2D eigenvalue weighted by Crippen LogP contribution is -2.46. The van der Waals surface area contributed by atoms with Crippen LogP contribution in [0.5, 0.6) is 0 Å². The molecule has 1 saturated heterocycles. The minimum Gasteiger partial charge on any atom is -0.352 e. The maximum atomic E-state index is 12.3. The fourth-order valence-electron chi connectivity index (χ4n) is 2.15. The van der Waals surface area contributed by atoms with E-state index in [4.69, 9.17) is 0 Å². The van der Waals surface area contributed by atoms with E-state index in [9.17, 15) is 22.8 Å². The highest BCUT2D eigenvalue weighted by Gasteiger charge is 2.43. The van der Waals surface area contributed by atoms with Crippen LogP contribution in [0, 0.1) is 11.3 Å². The van der Waals surface area contributed by atoms with Gasteiger partial charge in [0.05, 0.1) is 0 Å². The molecule has 0 aromatic rings. The maximum Gasteiger partial charge on any atom is 0.471 e. The molecular formula is C15H23F3N2O2. The number of piperidine rings is 1. The Kier molecular flexibility index (Phi) is 6.02. The van der Waals surface area contributed by atoms with Gasteiger partial charge in [-0.25, -0.2) is 0 Å². The topological polar surface area (TPSA) is 49.4 Å². The molecule has 1 rings (SSSR count). The molecule has 4 nitrogen and oxygen atoms in total. The summed E-state index contributed by atoms with van der Waals surface area (Å²) < 4.78 is 36.9. The third-order valence-electron chi connectivity index (χ3n) is 3.44. The summed E-state index contributed by atoms with van der Waals surface area (Å²) in [6.45, 7) is 6.51. The van der Waals surface area contributed by atoms with E-state index in [-0.39, 0.29) is 30.3 Å². The molecule has 0 spiro atoms. The number of rotatable bonds is 3. The van der Waals surface area contributed by atoms with Crippen LogP contribution < -0.4 is 5.32 Å². The van der Waals surface area contributed by atoms with E-state index in [0.29, 0.717) is 19.4 Å². The van der Waals surface area contributed by atoms with Gasteiger partial charge in [0.15, 0.2) is 0 Å². The zero-order valence-electron chi connectivity index (χ0n) is 13.2. The number of alkyl halides is 3. The Balaban J connectivity index is 2.33. The highest BCUT2D eigenvalue weighted by molar-refractivity contribution is 5.87. The number of halogens is 3. The smallest absolute Gasteiger partial charge is 0.352 e. The van der Waals surface area contributed by atoms with Gasteiger partial charge < -0.3 is 10.2 Å². The van der Waals surface area contributed by atoms with E-state index in [1.54, 1.807) is 6.08 Å². The van der Waals surface area contributed by atoms with Crippen LogP contribution in [0.4, 0.5) is 13.2 Å². The number of allylic oxidation sites excluding steroid dienone is 1. The van der Waals surface area contributed by atoms with Crippen molar-refractivity contribution in [2.24, 2.45) is 11.3 Å². The largest absolute Gasteiger partial charge is 0.471 e. The van der Waals surface area contributed by atoms with Crippen molar-refractivity contribution in [2.75, 3.05) is 19.6 Å². The lowest BCUT2D eigenvalue weighted by Gasteiger charge is -2.32. The summed E-state index contributed by atoms with van der Waals surface area (Å²) >= 11 is 0. The number of carbonyl (C=O) groups is 2. The number of nitrogens with one attached hydrogen (secondary N) is 1. The summed E-state index contributed by atoms with van der Waals surface area (Å²) in [6.07, 6.45) is -0.607. The zero-order valence-corrected chi connectivity index (χ0v) is 13.2. The van der Waals surface area contributed by atoms with Crippen LogP contribution in [-0.2, 0) is 9.59 Å². The Morgan fingerprint density at radius 1 is 1.18 bits per heavy atom. The van der Waals surface area contributed by atoms with E-state index in [2.05, 4.69) is 5.32 Å². The first-order chi connectivity index (χ1) is 9.99. The maximum absolute atomic E-state index is 12.3. The van der Waals surface area contributed by atoms with Gasteiger partial charge in [-0.15, -0.1) is 0 Å². The molecule has 0 aromatic heterocycles.